The van der Waals surface area contributed by atoms with E-state index in [9.17, 15) is 9.18 Å². The molecule has 0 saturated heterocycles. The van der Waals surface area contributed by atoms with Gasteiger partial charge in [0.05, 0.1) is 5.56 Å². The van der Waals surface area contributed by atoms with Gasteiger partial charge in [0, 0.05) is 12.7 Å². The van der Waals surface area contributed by atoms with E-state index in [1.54, 1.807) is 20.0 Å². The number of aryl methyl sites for hydroxylation is 1. The summed E-state index contributed by atoms with van der Waals surface area (Å²) in [6.45, 7) is 1.56. The van der Waals surface area contributed by atoms with Gasteiger partial charge in [-0.15, -0.1) is 0 Å². The highest BCUT2D eigenvalue weighted by molar-refractivity contribution is 5.90. The Balaban J connectivity index is 3.31. The molecule has 70 valence electrons. The van der Waals surface area contributed by atoms with Gasteiger partial charge in [-0.3, -0.25) is 0 Å². The Kier molecular flexibility index (Phi) is 2.51. The van der Waals surface area contributed by atoms with Crippen LogP contribution in [0.15, 0.2) is 12.1 Å². The molecule has 0 spiro atoms. The average Bonchev–Trinajstić information content (AvgIpc) is 2.02. The first-order valence-electron chi connectivity index (χ1n) is 3.77. The summed E-state index contributed by atoms with van der Waals surface area (Å²) >= 11 is 0. The van der Waals surface area contributed by atoms with Crippen LogP contribution in [0.5, 0.6) is 0 Å². The van der Waals surface area contributed by atoms with Crippen LogP contribution in [0.1, 0.15) is 15.9 Å². The third kappa shape index (κ3) is 1.77. The lowest BCUT2D eigenvalue weighted by Gasteiger charge is -2.05. The third-order valence-electron chi connectivity index (χ3n) is 1.79. The summed E-state index contributed by atoms with van der Waals surface area (Å²) in [5.41, 5.74) is 0.718. The Morgan fingerprint density at radius 3 is 2.54 bits per heavy atom. The molecule has 1 rings (SSSR count). The average molecular weight is 183 g/mol. The second-order valence-corrected chi connectivity index (χ2v) is 2.71. The van der Waals surface area contributed by atoms with Crippen molar-refractivity contribution in [1.29, 1.82) is 0 Å². The van der Waals surface area contributed by atoms with E-state index in [-0.39, 0.29) is 5.56 Å². The lowest BCUT2D eigenvalue weighted by Crippen LogP contribution is -2.04. The largest absolute Gasteiger partial charge is 0.478 e. The van der Waals surface area contributed by atoms with E-state index in [2.05, 4.69) is 5.32 Å². The first kappa shape index (κ1) is 9.51. The summed E-state index contributed by atoms with van der Waals surface area (Å²) in [7, 11) is 1.65. The van der Waals surface area contributed by atoms with Crippen molar-refractivity contribution in [3.05, 3.63) is 29.1 Å². The summed E-state index contributed by atoms with van der Waals surface area (Å²) in [6, 6.07) is 2.75. The van der Waals surface area contributed by atoms with E-state index in [4.69, 9.17) is 5.11 Å². The van der Waals surface area contributed by atoms with Crippen LogP contribution in [0.3, 0.4) is 0 Å². The van der Waals surface area contributed by atoms with E-state index < -0.39 is 11.8 Å². The summed E-state index contributed by atoms with van der Waals surface area (Å²) < 4.78 is 13.1. The Hall–Kier alpha value is -1.58. The maximum atomic E-state index is 13.1. The molecule has 2 N–H and O–H groups in total. The van der Waals surface area contributed by atoms with Crippen molar-refractivity contribution < 1.29 is 14.3 Å². The van der Waals surface area contributed by atoms with Gasteiger partial charge in [0.1, 0.15) is 5.82 Å². The van der Waals surface area contributed by atoms with Gasteiger partial charge < -0.3 is 10.4 Å². The van der Waals surface area contributed by atoms with Crippen LogP contribution in [0, 0.1) is 12.7 Å². The third-order valence-corrected chi connectivity index (χ3v) is 1.79. The highest BCUT2D eigenvalue weighted by atomic mass is 19.1. The number of nitrogens with one attached hydrogen (secondary N) is 1. The molecule has 0 unspecified atom stereocenters. The molecule has 0 amide bonds. The predicted molar refractivity (Wildman–Crippen MR) is 47.6 cm³/mol. The van der Waals surface area contributed by atoms with Crippen molar-refractivity contribution in [3.8, 4) is 0 Å². The molecule has 0 atom stereocenters. The summed E-state index contributed by atoms with van der Waals surface area (Å²) in [4.78, 5) is 10.6. The number of carbonyl (C=O) groups is 1. The number of carboxylic acid groups (broad SMARTS) is 1. The van der Waals surface area contributed by atoms with E-state index in [1.165, 1.54) is 0 Å². The van der Waals surface area contributed by atoms with Crippen molar-refractivity contribution in [3.63, 3.8) is 0 Å². The van der Waals surface area contributed by atoms with Crippen LogP contribution in [0.2, 0.25) is 0 Å². The van der Waals surface area contributed by atoms with Gasteiger partial charge in [-0.05, 0) is 24.6 Å². The minimum atomic E-state index is -1.24. The molecule has 1 aromatic rings. The topological polar surface area (TPSA) is 49.3 Å². The summed E-state index contributed by atoms with van der Waals surface area (Å²) in [6.07, 6.45) is 0. The number of carboxylic acids is 1. The van der Waals surface area contributed by atoms with Gasteiger partial charge in [-0.2, -0.15) is 0 Å². The monoisotopic (exact) mass is 183 g/mol. The highest BCUT2D eigenvalue weighted by Crippen LogP contribution is 2.18. The Morgan fingerprint density at radius 1 is 1.54 bits per heavy atom. The number of halogens is 1. The molecular weight excluding hydrogens is 173 g/mol. The van der Waals surface area contributed by atoms with Crippen molar-refractivity contribution >= 4 is 11.7 Å². The second-order valence-electron chi connectivity index (χ2n) is 2.71. The molecule has 4 heteroatoms. The van der Waals surface area contributed by atoms with Crippen molar-refractivity contribution in [2.45, 2.75) is 6.92 Å². The number of hydrogen-bond acceptors (Lipinski definition) is 2. The summed E-state index contributed by atoms with van der Waals surface area (Å²) in [5, 5.41) is 11.4. The Morgan fingerprint density at radius 2 is 2.15 bits per heavy atom. The quantitative estimate of drug-likeness (QED) is 0.735. The Labute approximate surface area is 75.2 Å². The standard InChI is InChI=1S/C9H10FNO2/c1-5-3-6(11-2)4-7(10)8(5)9(12)13/h3-4,11H,1-2H3,(H,12,13). The molecule has 3 nitrogen and oxygen atoms in total. The van der Waals surface area contributed by atoms with Gasteiger partial charge in [-0.1, -0.05) is 0 Å². The number of rotatable bonds is 2. The van der Waals surface area contributed by atoms with Crippen molar-refractivity contribution in [1.82, 2.24) is 0 Å². The van der Waals surface area contributed by atoms with Crippen LogP contribution >= 0.6 is 0 Å². The lowest BCUT2D eigenvalue weighted by molar-refractivity contribution is 0.0691. The molecule has 0 aliphatic rings. The zero-order valence-electron chi connectivity index (χ0n) is 7.39. The zero-order chi connectivity index (χ0) is 10.0. The normalized spacial score (nSPS) is 9.77. The molecule has 0 bridgehead atoms. The number of benzene rings is 1. The zero-order valence-corrected chi connectivity index (χ0v) is 7.39. The maximum Gasteiger partial charge on any atom is 0.338 e. The highest BCUT2D eigenvalue weighted by Gasteiger charge is 2.13. The second kappa shape index (κ2) is 3.43. The van der Waals surface area contributed by atoms with Crippen molar-refractivity contribution in [2.75, 3.05) is 12.4 Å². The first-order chi connectivity index (χ1) is 6.06. The van der Waals surface area contributed by atoms with Crippen LogP contribution in [-0.4, -0.2) is 18.1 Å². The minimum Gasteiger partial charge on any atom is -0.478 e. The predicted octanol–water partition coefficient (Wildman–Crippen LogP) is 1.87. The molecule has 0 heterocycles. The number of hydrogen-bond donors (Lipinski definition) is 2. The summed E-state index contributed by atoms with van der Waals surface area (Å²) in [5.74, 6) is -1.95. The lowest BCUT2D eigenvalue weighted by atomic mass is 10.1. The molecule has 0 aliphatic heterocycles. The van der Waals surface area contributed by atoms with E-state index in [1.807, 2.05) is 0 Å². The van der Waals surface area contributed by atoms with Crippen LogP contribution in [0.4, 0.5) is 10.1 Å². The van der Waals surface area contributed by atoms with Gasteiger partial charge in [-0.25, -0.2) is 9.18 Å². The van der Waals surface area contributed by atoms with Gasteiger partial charge in [0.25, 0.3) is 0 Å². The molecule has 0 aliphatic carbocycles. The fourth-order valence-electron chi connectivity index (χ4n) is 1.16. The van der Waals surface area contributed by atoms with E-state index in [0.717, 1.165) is 6.07 Å². The molecule has 0 fully saturated rings. The van der Waals surface area contributed by atoms with E-state index >= 15 is 0 Å². The van der Waals surface area contributed by atoms with E-state index in [0.29, 0.717) is 11.3 Å². The maximum absolute atomic E-state index is 13.1. The van der Waals surface area contributed by atoms with Crippen LogP contribution in [-0.2, 0) is 0 Å². The smallest absolute Gasteiger partial charge is 0.338 e. The molecule has 0 saturated carbocycles. The SMILES string of the molecule is CNc1cc(C)c(C(=O)O)c(F)c1. The fourth-order valence-corrected chi connectivity index (χ4v) is 1.16. The molecule has 1 aromatic carbocycles. The van der Waals surface area contributed by atoms with Crippen LogP contribution in [0.25, 0.3) is 0 Å². The molecule has 0 aromatic heterocycles. The first-order valence-corrected chi connectivity index (χ1v) is 3.77. The molecule has 13 heavy (non-hydrogen) atoms. The van der Waals surface area contributed by atoms with Crippen LogP contribution < -0.4 is 5.32 Å². The van der Waals surface area contributed by atoms with Gasteiger partial charge in [0.15, 0.2) is 0 Å². The van der Waals surface area contributed by atoms with Gasteiger partial charge in [0.2, 0.25) is 0 Å². The number of aromatic carboxylic acids is 1. The Bertz CT molecular complexity index is 326. The van der Waals surface area contributed by atoms with Crippen molar-refractivity contribution in [2.24, 2.45) is 0 Å². The number of anilines is 1. The van der Waals surface area contributed by atoms with Gasteiger partial charge >= 0.3 is 5.97 Å². The molecular formula is C9H10FNO2. The molecule has 0 radical (unpaired) electrons. The minimum absolute atomic E-state index is 0.265. The fraction of sp³-hybridized carbons (Fsp3) is 0.222.